The molecule has 0 spiro atoms. The summed E-state index contributed by atoms with van der Waals surface area (Å²) >= 11 is 0. The number of hydrogen-bond acceptors (Lipinski definition) is 4. The number of fused-ring (bicyclic) bond motifs is 1. The maximum atomic E-state index is 13.0. The molecule has 0 fully saturated rings. The van der Waals surface area contributed by atoms with E-state index in [1.807, 2.05) is 34.6 Å². The van der Waals surface area contributed by atoms with Gasteiger partial charge >= 0.3 is 12.1 Å². The van der Waals surface area contributed by atoms with Crippen LogP contribution in [0.2, 0.25) is 0 Å². The van der Waals surface area contributed by atoms with Crippen LogP contribution in [0, 0.1) is 5.92 Å². The molecule has 0 saturated carbocycles. The Morgan fingerprint density at radius 2 is 1.84 bits per heavy atom. The second kappa shape index (κ2) is 10.4. The van der Waals surface area contributed by atoms with Crippen LogP contribution < -0.4 is 20.7 Å². The normalized spacial score (nSPS) is 18.6. The summed E-state index contributed by atoms with van der Waals surface area (Å²) in [5.41, 5.74) is 0.872. The van der Waals surface area contributed by atoms with Crippen molar-refractivity contribution in [2.24, 2.45) is 5.92 Å². The third-order valence-electron chi connectivity index (χ3n) is 4.92. The van der Waals surface area contributed by atoms with Crippen LogP contribution in [0.25, 0.3) is 0 Å². The molecule has 0 unspecified atom stereocenters. The predicted octanol–water partition coefficient (Wildman–Crippen LogP) is 2.74. The van der Waals surface area contributed by atoms with Gasteiger partial charge in [0, 0.05) is 44.3 Å². The lowest BCUT2D eigenvalue weighted by Gasteiger charge is -2.35. The lowest BCUT2D eigenvalue weighted by molar-refractivity contribution is 0.0577. The maximum Gasteiger partial charge on any atom is 0.319 e. The van der Waals surface area contributed by atoms with Gasteiger partial charge in [-0.1, -0.05) is 6.92 Å². The number of carbonyl (C=O) groups is 3. The molecule has 5 amide bonds. The Labute approximate surface area is 184 Å². The van der Waals surface area contributed by atoms with Gasteiger partial charge in [-0.3, -0.25) is 4.79 Å². The second-order valence-electron chi connectivity index (χ2n) is 8.77. The summed E-state index contributed by atoms with van der Waals surface area (Å²) in [5, 5.41) is 8.36. The van der Waals surface area contributed by atoms with Crippen molar-refractivity contribution in [2.45, 2.75) is 52.8 Å². The van der Waals surface area contributed by atoms with E-state index in [2.05, 4.69) is 16.0 Å². The van der Waals surface area contributed by atoms with E-state index in [1.165, 1.54) is 0 Å². The lowest BCUT2D eigenvalue weighted by Crippen LogP contribution is -2.49. The topological polar surface area (TPSA) is 103 Å². The fourth-order valence-corrected chi connectivity index (χ4v) is 3.35. The van der Waals surface area contributed by atoms with Gasteiger partial charge in [-0.05, 0) is 45.9 Å². The Bertz CT molecular complexity index is 811. The standard InChI is InChI=1S/C22H35N5O4/c1-13(2)23-21(29)25-16-8-9-18-17(10-16)20(28)26(6)11-15(5)19(31-18)12-27(7)22(30)24-14(3)4/h8-10,13-15,19H,11-12H2,1-7H3,(H,24,30)(H2,23,25,29)/t15-,19+/m0/s1. The van der Waals surface area contributed by atoms with Crippen LogP contribution in [0.3, 0.4) is 0 Å². The number of ether oxygens (including phenoxy) is 1. The van der Waals surface area contributed by atoms with Crippen LogP contribution >= 0.6 is 0 Å². The number of hydrogen-bond donors (Lipinski definition) is 3. The van der Waals surface area contributed by atoms with E-state index in [9.17, 15) is 14.4 Å². The zero-order chi connectivity index (χ0) is 23.3. The van der Waals surface area contributed by atoms with Gasteiger partial charge in [0.2, 0.25) is 0 Å². The Kier molecular flexibility index (Phi) is 8.13. The molecule has 31 heavy (non-hydrogen) atoms. The minimum Gasteiger partial charge on any atom is -0.487 e. The quantitative estimate of drug-likeness (QED) is 0.664. The van der Waals surface area contributed by atoms with Crippen LogP contribution in [0.5, 0.6) is 5.75 Å². The summed E-state index contributed by atoms with van der Waals surface area (Å²) in [5.74, 6) is 0.256. The van der Waals surface area contributed by atoms with E-state index in [1.54, 1.807) is 42.1 Å². The fourth-order valence-electron chi connectivity index (χ4n) is 3.35. The largest absolute Gasteiger partial charge is 0.487 e. The van der Waals surface area contributed by atoms with E-state index in [0.717, 1.165) is 0 Å². The van der Waals surface area contributed by atoms with Gasteiger partial charge in [-0.25, -0.2) is 9.59 Å². The van der Waals surface area contributed by atoms with E-state index in [0.29, 0.717) is 30.1 Å². The summed E-state index contributed by atoms with van der Waals surface area (Å²) in [6.45, 7) is 10.4. The highest BCUT2D eigenvalue weighted by Gasteiger charge is 2.31. The van der Waals surface area contributed by atoms with Gasteiger partial charge < -0.3 is 30.5 Å². The van der Waals surface area contributed by atoms with E-state index in [-0.39, 0.29) is 42.1 Å². The molecular weight excluding hydrogens is 398 g/mol. The number of urea groups is 2. The van der Waals surface area contributed by atoms with Crippen molar-refractivity contribution in [3.05, 3.63) is 23.8 Å². The Morgan fingerprint density at radius 1 is 1.19 bits per heavy atom. The molecule has 0 aliphatic carbocycles. The van der Waals surface area contributed by atoms with Crippen molar-refractivity contribution in [3.8, 4) is 5.75 Å². The van der Waals surface area contributed by atoms with Gasteiger partial charge in [-0.2, -0.15) is 0 Å². The van der Waals surface area contributed by atoms with Crippen molar-refractivity contribution in [3.63, 3.8) is 0 Å². The van der Waals surface area contributed by atoms with Crippen molar-refractivity contribution in [1.82, 2.24) is 20.4 Å². The maximum absolute atomic E-state index is 13.0. The van der Waals surface area contributed by atoms with Gasteiger partial charge in [0.05, 0.1) is 12.1 Å². The molecule has 0 saturated heterocycles. The summed E-state index contributed by atoms with van der Waals surface area (Å²) in [6, 6.07) is 4.52. The molecule has 2 rings (SSSR count). The van der Waals surface area contributed by atoms with Crippen LogP contribution in [0.15, 0.2) is 18.2 Å². The van der Waals surface area contributed by atoms with Crippen LogP contribution in [0.4, 0.5) is 15.3 Å². The van der Waals surface area contributed by atoms with E-state index < -0.39 is 0 Å². The number of likely N-dealkylation sites (N-methyl/N-ethyl adjacent to an activating group) is 1. The van der Waals surface area contributed by atoms with Gasteiger partial charge in [-0.15, -0.1) is 0 Å². The first-order valence-corrected chi connectivity index (χ1v) is 10.6. The molecule has 1 aliphatic heterocycles. The summed E-state index contributed by atoms with van der Waals surface area (Å²) in [7, 11) is 3.47. The highest BCUT2D eigenvalue weighted by atomic mass is 16.5. The summed E-state index contributed by atoms with van der Waals surface area (Å²) in [4.78, 5) is 40.5. The number of nitrogens with zero attached hydrogens (tertiary/aromatic N) is 2. The molecule has 9 nitrogen and oxygen atoms in total. The zero-order valence-electron chi connectivity index (χ0n) is 19.5. The summed E-state index contributed by atoms with van der Waals surface area (Å²) in [6.07, 6.45) is -0.305. The number of amides is 5. The van der Waals surface area contributed by atoms with Gasteiger partial charge in [0.25, 0.3) is 5.91 Å². The molecule has 9 heteroatoms. The van der Waals surface area contributed by atoms with E-state index >= 15 is 0 Å². The Hall–Kier alpha value is -2.97. The van der Waals surface area contributed by atoms with Crippen molar-refractivity contribution in [2.75, 3.05) is 32.5 Å². The van der Waals surface area contributed by atoms with Crippen LogP contribution in [-0.2, 0) is 0 Å². The molecule has 172 valence electrons. The first-order valence-electron chi connectivity index (χ1n) is 10.6. The highest BCUT2D eigenvalue weighted by Crippen LogP contribution is 2.29. The third kappa shape index (κ3) is 6.77. The molecule has 1 aromatic rings. The van der Waals surface area contributed by atoms with Crippen molar-refractivity contribution >= 4 is 23.7 Å². The lowest BCUT2D eigenvalue weighted by atomic mass is 10.0. The molecule has 3 N–H and O–H groups in total. The molecule has 1 heterocycles. The van der Waals surface area contributed by atoms with Gasteiger partial charge in [0.15, 0.2) is 0 Å². The number of anilines is 1. The summed E-state index contributed by atoms with van der Waals surface area (Å²) < 4.78 is 6.22. The minimum absolute atomic E-state index is 0.00558. The monoisotopic (exact) mass is 433 g/mol. The zero-order valence-corrected chi connectivity index (χ0v) is 19.5. The number of carbonyl (C=O) groups excluding carboxylic acids is 3. The Balaban J connectivity index is 2.25. The molecule has 2 atom stereocenters. The smallest absolute Gasteiger partial charge is 0.319 e. The number of rotatable bonds is 5. The molecule has 0 bridgehead atoms. The molecule has 0 radical (unpaired) electrons. The van der Waals surface area contributed by atoms with E-state index in [4.69, 9.17) is 4.74 Å². The third-order valence-corrected chi connectivity index (χ3v) is 4.92. The predicted molar refractivity (Wildman–Crippen MR) is 121 cm³/mol. The molecule has 1 aromatic carbocycles. The Morgan fingerprint density at radius 3 is 2.45 bits per heavy atom. The highest BCUT2D eigenvalue weighted by molar-refractivity contribution is 5.99. The van der Waals surface area contributed by atoms with Crippen LogP contribution in [0.1, 0.15) is 45.0 Å². The minimum atomic E-state index is -0.341. The number of nitrogens with one attached hydrogen (secondary N) is 3. The van der Waals surface area contributed by atoms with Gasteiger partial charge in [0.1, 0.15) is 11.9 Å². The average molecular weight is 434 g/mol. The molecule has 0 aromatic heterocycles. The van der Waals surface area contributed by atoms with Crippen LogP contribution in [-0.4, -0.2) is 73.1 Å². The van der Waals surface area contributed by atoms with Crippen molar-refractivity contribution < 1.29 is 19.1 Å². The SMILES string of the molecule is CC(C)NC(=O)Nc1ccc2c(c1)C(=O)N(C)C[C@H](C)[C@@H](CN(C)C(=O)NC(C)C)O2. The first kappa shape index (κ1) is 24.3. The second-order valence-corrected chi connectivity index (χ2v) is 8.77. The number of benzene rings is 1. The average Bonchev–Trinajstić information content (AvgIpc) is 2.65. The van der Waals surface area contributed by atoms with Crippen molar-refractivity contribution in [1.29, 1.82) is 0 Å². The molecule has 1 aliphatic rings. The first-order chi connectivity index (χ1) is 14.5. The fraction of sp³-hybridized carbons (Fsp3) is 0.591. The molecular formula is C22H35N5O4.